The summed E-state index contributed by atoms with van der Waals surface area (Å²) in [7, 11) is 0. The summed E-state index contributed by atoms with van der Waals surface area (Å²) in [6.07, 6.45) is 0. The monoisotopic (exact) mass is 5330 g/mol. The van der Waals surface area contributed by atoms with Gasteiger partial charge in [-0.05, 0) is 0 Å². The van der Waals surface area contributed by atoms with Crippen LogP contribution in [-0.4, -0.2) is 0 Å². The van der Waals surface area contributed by atoms with Crippen molar-refractivity contribution in [3.8, 4) is 0 Å². The maximum atomic E-state index is 0. The molecule has 0 aliphatic carbocycles. The van der Waals surface area contributed by atoms with Crippen LogP contribution in [-0.2, 0) is 1960 Å². The van der Waals surface area contributed by atoms with Crippen LogP contribution in [0.1, 0.15) is 0 Å². The van der Waals surface area contributed by atoms with Crippen molar-refractivity contribution in [2.24, 2.45) is 0 Å². The minimum Gasteiger partial charge on any atom is 0 e. The topological polar surface area (TPSA) is 0 Å². The van der Waals surface area contributed by atoms with Gasteiger partial charge in [0.25, 0.3) is 0 Å². The Bertz CT molecular complexity index is 0. The predicted molar refractivity (Wildman–Crippen MR) is 0 cm³/mol. The van der Waals surface area contributed by atoms with Gasteiger partial charge in [-0.2, -0.15) is 0 Å². The van der Waals surface area contributed by atoms with E-state index in [0.717, 1.165) is 0 Å². The van der Waals surface area contributed by atoms with Crippen molar-refractivity contribution in [1.29, 1.82) is 0 Å². The van der Waals surface area contributed by atoms with E-state index in [1.165, 1.54) is 0 Å². The molecule has 0 heterocycles. The van der Waals surface area contributed by atoms with Gasteiger partial charge in [-0.1, -0.05) is 0 Å². The zero-order valence-corrected chi connectivity index (χ0v) is 205. The molecule has 0 aliphatic rings. The van der Waals surface area contributed by atoms with Crippen LogP contribution in [0.3, 0.4) is 0 Å². The van der Waals surface area contributed by atoms with Gasteiger partial charge in [0.05, 0.1) is 0 Å². The van der Waals surface area contributed by atoms with Crippen LogP contribution in [0.5, 0.6) is 0 Å². The molecule has 60 heavy (non-hydrogen) atoms. The largest absolute Gasteiger partial charge is 0 e. The number of rotatable bonds is 0. The fourth-order valence-corrected chi connectivity index (χ4v) is 0. The molecule has 0 bridgehead atoms. The van der Waals surface area contributed by atoms with Gasteiger partial charge in [-0.25, -0.2) is 0 Å². The molecule has 0 saturated carbocycles. The third-order valence-corrected chi connectivity index (χ3v) is 0. The summed E-state index contributed by atoms with van der Waals surface area (Å²) in [5.74, 6) is 0. The van der Waals surface area contributed by atoms with Crippen molar-refractivity contribution in [3.63, 3.8) is 0 Å². The third kappa shape index (κ3) is 430. The normalized spacial score (nSPS) is 0. The number of hydrogen-bond acceptors (Lipinski definition) is 0. The first-order chi connectivity index (χ1) is 0. The third-order valence-electron chi connectivity index (χ3n) is 0. The fraction of sp³-hybridized carbons (Fsp3) is 0. The minimum atomic E-state index is 0. The summed E-state index contributed by atoms with van der Waals surface area (Å²) >= 11 is 0. The van der Waals surface area contributed by atoms with Crippen LogP contribution in [0.4, 0.5) is 0 Å². The maximum absolute atomic E-state index is 0. The van der Waals surface area contributed by atoms with Crippen molar-refractivity contribution < 1.29 is 1960 Å². The summed E-state index contributed by atoms with van der Waals surface area (Å²) in [6.45, 7) is 0. The Kier molecular flexibility index (Phi) is 3310. The summed E-state index contributed by atoms with van der Waals surface area (Å²) in [4.78, 5) is 0. The first-order valence-electron chi connectivity index (χ1n) is 0. The van der Waals surface area contributed by atoms with Gasteiger partial charge in [0.2, 0.25) is 0 Å². The van der Waals surface area contributed by atoms with Crippen LogP contribution in [0.25, 0.3) is 0 Å². The molecule has 60 radical (unpaired) electrons. The van der Waals surface area contributed by atoms with E-state index in [1.807, 2.05) is 0 Å². The standard InChI is InChI=1S/60Y. The first kappa shape index (κ1) is 451. The van der Waals surface area contributed by atoms with E-state index in [2.05, 4.69) is 0 Å². The SMILES string of the molecule is [Y].[Y].[Y].[Y].[Y].[Y].[Y].[Y].[Y].[Y].[Y].[Y].[Y].[Y].[Y].[Y].[Y].[Y].[Y].[Y].[Y].[Y].[Y].[Y].[Y].[Y].[Y].[Y].[Y].[Y].[Y].[Y].[Y].[Y].[Y].[Y].[Y].[Y].[Y].[Y].[Y].[Y].[Y].[Y].[Y].[Y].[Y].[Y].[Y].[Y].[Y].[Y].[Y].[Y].[Y].[Y].[Y].[Y].[Y].[Y]. The van der Waals surface area contributed by atoms with Gasteiger partial charge < -0.3 is 0 Å². The molecule has 0 aromatic heterocycles. The second kappa shape index (κ2) is 441. The molecular formula is Y60. The molecule has 0 atom stereocenters. The van der Waals surface area contributed by atoms with Crippen LogP contribution < -0.4 is 0 Å². The summed E-state index contributed by atoms with van der Waals surface area (Å²) in [5, 5.41) is 0. The second-order valence-corrected chi connectivity index (χ2v) is 0. The first-order valence-corrected chi connectivity index (χ1v) is 0. The van der Waals surface area contributed by atoms with Crippen molar-refractivity contribution in [2.75, 3.05) is 0 Å². The predicted octanol–water partition coefficient (Wildman–Crippen LogP) is -0.150. The summed E-state index contributed by atoms with van der Waals surface area (Å²) in [5.41, 5.74) is 0. The Labute approximate surface area is 1880 Å². The van der Waals surface area contributed by atoms with E-state index in [9.17, 15) is 0 Å². The molecule has 60 heteroatoms. The second-order valence-electron chi connectivity index (χ2n) is 0. The zero-order valence-electron chi connectivity index (χ0n) is 34.6. The molecule has 0 fully saturated rings. The van der Waals surface area contributed by atoms with E-state index < -0.39 is 0 Å². The smallest absolute Gasteiger partial charge is 0 e. The van der Waals surface area contributed by atoms with Crippen LogP contribution in [0.15, 0.2) is 0 Å². The van der Waals surface area contributed by atoms with E-state index in [1.54, 1.807) is 0 Å². The minimum absolute atomic E-state index is 0. The average Bonchev–Trinajstić information content (AvgIpc) is 0. The Morgan fingerprint density at radius 2 is 0.0167 bits per heavy atom. The summed E-state index contributed by atoms with van der Waals surface area (Å²) in [6, 6.07) is 0. The van der Waals surface area contributed by atoms with Gasteiger partial charge in [-0.3, -0.25) is 0 Å². The molecule has 0 unspecified atom stereocenters. The Hall–Kier alpha value is 66.2. The molecule has 0 saturated heterocycles. The number of hydrogen-bond donors (Lipinski definition) is 0. The summed E-state index contributed by atoms with van der Waals surface area (Å²) < 4.78 is 0. The van der Waals surface area contributed by atoms with Gasteiger partial charge in [-0.15, -0.1) is 0 Å². The van der Waals surface area contributed by atoms with E-state index in [4.69, 9.17) is 0 Å². The van der Waals surface area contributed by atoms with Gasteiger partial charge >= 0.3 is 0 Å². The van der Waals surface area contributed by atoms with Crippen molar-refractivity contribution >= 4 is 0 Å². The molecule has 0 aromatic carbocycles. The molecule has 0 amide bonds. The van der Waals surface area contributed by atoms with E-state index in [-0.39, 0.29) is 1960 Å². The quantitative estimate of drug-likeness (QED) is 0.318. The average molecular weight is 5330 g/mol. The van der Waals surface area contributed by atoms with Gasteiger partial charge in [0.1, 0.15) is 0 Å². The molecule has 180 valence electrons. The van der Waals surface area contributed by atoms with Gasteiger partial charge in [0.15, 0.2) is 0 Å². The Morgan fingerprint density at radius 3 is 0.0167 bits per heavy atom. The molecule has 0 spiro atoms. The Morgan fingerprint density at radius 1 is 0.0167 bits per heavy atom. The van der Waals surface area contributed by atoms with Crippen molar-refractivity contribution in [1.82, 2.24) is 0 Å². The van der Waals surface area contributed by atoms with Crippen LogP contribution in [0, 0.1) is 0 Å². The maximum Gasteiger partial charge on any atom is 0 e. The molecule has 0 nitrogen and oxygen atoms in total. The van der Waals surface area contributed by atoms with E-state index >= 15 is 0 Å². The van der Waals surface area contributed by atoms with Crippen LogP contribution >= 0.6 is 0 Å². The zero-order chi connectivity index (χ0) is 0. The van der Waals surface area contributed by atoms with Crippen molar-refractivity contribution in [3.05, 3.63) is 0 Å². The molecule has 0 aromatic rings. The van der Waals surface area contributed by atoms with E-state index in [0.29, 0.717) is 0 Å². The van der Waals surface area contributed by atoms with Gasteiger partial charge in [0, 0.05) is 1960 Å². The molecule has 0 aliphatic heterocycles. The molecular weight excluding hydrogens is 5330 g/mol. The van der Waals surface area contributed by atoms with Crippen molar-refractivity contribution in [2.45, 2.75) is 0 Å². The Balaban J connectivity index is 0. The van der Waals surface area contributed by atoms with Crippen LogP contribution in [0.2, 0.25) is 0 Å². The molecule has 0 rings (SSSR count). The molecule has 0 N–H and O–H groups in total. The fourth-order valence-electron chi connectivity index (χ4n) is 0.